The van der Waals surface area contributed by atoms with E-state index in [1.807, 2.05) is 0 Å². The summed E-state index contributed by atoms with van der Waals surface area (Å²) in [7, 11) is 0. The monoisotopic (exact) mass is 234 g/mol. The lowest BCUT2D eigenvalue weighted by Gasteiger charge is -2.07. The van der Waals surface area contributed by atoms with Crippen LogP contribution in [0.5, 0.6) is 0 Å². The standard InChI is InChI=1S/C12H26O2S/c1-2-3-4-5-6-7-10-15-11-12(14)8-9-13/h12-14H,2-11H2,1H3. The van der Waals surface area contributed by atoms with Gasteiger partial charge in [0.15, 0.2) is 0 Å². The highest BCUT2D eigenvalue weighted by atomic mass is 32.2. The highest BCUT2D eigenvalue weighted by Crippen LogP contribution is 2.11. The normalized spacial score (nSPS) is 13.0. The highest BCUT2D eigenvalue weighted by Gasteiger charge is 2.02. The van der Waals surface area contributed by atoms with Crippen molar-refractivity contribution in [3.63, 3.8) is 0 Å². The first-order valence-electron chi connectivity index (χ1n) is 6.18. The molecule has 0 bridgehead atoms. The van der Waals surface area contributed by atoms with Crippen LogP contribution in [0.3, 0.4) is 0 Å². The Kier molecular flexibility index (Phi) is 12.6. The number of aliphatic hydroxyl groups excluding tert-OH is 2. The fourth-order valence-electron chi connectivity index (χ4n) is 1.44. The summed E-state index contributed by atoms with van der Waals surface area (Å²) in [5.41, 5.74) is 0. The summed E-state index contributed by atoms with van der Waals surface area (Å²) in [6.07, 6.45) is 8.18. The van der Waals surface area contributed by atoms with Crippen LogP contribution in [0.25, 0.3) is 0 Å². The van der Waals surface area contributed by atoms with E-state index in [4.69, 9.17) is 5.11 Å². The lowest BCUT2D eigenvalue weighted by molar-refractivity contribution is 0.152. The van der Waals surface area contributed by atoms with Crippen molar-refractivity contribution >= 4 is 11.8 Å². The van der Waals surface area contributed by atoms with Crippen molar-refractivity contribution < 1.29 is 10.2 Å². The first-order valence-corrected chi connectivity index (χ1v) is 7.33. The van der Waals surface area contributed by atoms with E-state index in [0.29, 0.717) is 6.42 Å². The van der Waals surface area contributed by atoms with Gasteiger partial charge in [0, 0.05) is 12.4 Å². The van der Waals surface area contributed by atoms with Crippen molar-refractivity contribution in [3.8, 4) is 0 Å². The van der Waals surface area contributed by atoms with Gasteiger partial charge in [-0.05, 0) is 18.6 Å². The van der Waals surface area contributed by atoms with Crippen LogP contribution in [0.15, 0.2) is 0 Å². The maximum atomic E-state index is 9.34. The van der Waals surface area contributed by atoms with Gasteiger partial charge in [0.1, 0.15) is 0 Å². The van der Waals surface area contributed by atoms with Gasteiger partial charge in [-0.3, -0.25) is 0 Å². The molecule has 15 heavy (non-hydrogen) atoms. The van der Waals surface area contributed by atoms with Crippen molar-refractivity contribution in [2.75, 3.05) is 18.1 Å². The molecule has 3 heteroatoms. The summed E-state index contributed by atoms with van der Waals surface area (Å²) in [6, 6.07) is 0. The van der Waals surface area contributed by atoms with E-state index in [-0.39, 0.29) is 12.7 Å². The number of thioether (sulfide) groups is 1. The minimum Gasteiger partial charge on any atom is -0.396 e. The van der Waals surface area contributed by atoms with Crippen LogP contribution in [-0.2, 0) is 0 Å². The number of hydrogen-bond donors (Lipinski definition) is 2. The Labute approximate surface area is 98.5 Å². The van der Waals surface area contributed by atoms with E-state index >= 15 is 0 Å². The number of unbranched alkanes of at least 4 members (excludes halogenated alkanes) is 5. The molecular weight excluding hydrogens is 208 g/mol. The fraction of sp³-hybridized carbons (Fsp3) is 1.00. The molecule has 0 saturated carbocycles. The van der Waals surface area contributed by atoms with E-state index in [2.05, 4.69) is 6.92 Å². The van der Waals surface area contributed by atoms with E-state index in [1.165, 1.54) is 38.5 Å². The molecule has 0 amide bonds. The SMILES string of the molecule is CCCCCCCCSCC(O)CCO. The Morgan fingerprint density at radius 3 is 2.40 bits per heavy atom. The molecule has 0 aliphatic heterocycles. The zero-order chi connectivity index (χ0) is 11.4. The predicted molar refractivity (Wildman–Crippen MR) is 68.4 cm³/mol. The molecule has 0 aromatic carbocycles. The molecule has 2 N–H and O–H groups in total. The second-order valence-electron chi connectivity index (χ2n) is 4.01. The van der Waals surface area contributed by atoms with E-state index < -0.39 is 0 Å². The summed E-state index contributed by atoms with van der Waals surface area (Å²) in [5.74, 6) is 1.92. The zero-order valence-electron chi connectivity index (χ0n) is 9.95. The molecule has 0 rings (SSSR count). The van der Waals surface area contributed by atoms with Gasteiger partial charge >= 0.3 is 0 Å². The average molecular weight is 234 g/mol. The molecule has 0 saturated heterocycles. The van der Waals surface area contributed by atoms with Crippen molar-refractivity contribution in [3.05, 3.63) is 0 Å². The molecule has 0 spiro atoms. The first-order chi connectivity index (χ1) is 7.31. The largest absolute Gasteiger partial charge is 0.396 e. The molecule has 0 heterocycles. The number of rotatable bonds is 11. The Morgan fingerprint density at radius 1 is 1.07 bits per heavy atom. The smallest absolute Gasteiger partial charge is 0.0652 e. The second kappa shape index (κ2) is 12.3. The Bertz CT molecular complexity index is 120. The maximum Gasteiger partial charge on any atom is 0.0652 e. The fourth-order valence-corrected chi connectivity index (χ4v) is 2.45. The van der Waals surface area contributed by atoms with Gasteiger partial charge < -0.3 is 10.2 Å². The summed E-state index contributed by atoms with van der Waals surface area (Å²) in [5, 5.41) is 17.9. The second-order valence-corrected chi connectivity index (χ2v) is 5.16. The minimum atomic E-state index is -0.319. The molecule has 0 fully saturated rings. The first kappa shape index (κ1) is 15.3. The van der Waals surface area contributed by atoms with Gasteiger partial charge in [-0.15, -0.1) is 0 Å². The van der Waals surface area contributed by atoms with Crippen LogP contribution in [-0.4, -0.2) is 34.4 Å². The summed E-state index contributed by atoms with van der Waals surface area (Å²) in [6.45, 7) is 2.33. The lowest BCUT2D eigenvalue weighted by Crippen LogP contribution is -2.11. The third-order valence-corrected chi connectivity index (χ3v) is 3.61. The highest BCUT2D eigenvalue weighted by molar-refractivity contribution is 7.99. The summed E-state index contributed by atoms with van der Waals surface area (Å²) >= 11 is 1.80. The van der Waals surface area contributed by atoms with E-state index in [9.17, 15) is 5.11 Å². The van der Waals surface area contributed by atoms with Gasteiger partial charge in [-0.2, -0.15) is 11.8 Å². The van der Waals surface area contributed by atoms with Crippen molar-refractivity contribution in [2.24, 2.45) is 0 Å². The van der Waals surface area contributed by atoms with Crippen LogP contribution in [0.1, 0.15) is 51.9 Å². The van der Waals surface area contributed by atoms with Crippen molar-refractivity contribution in [1.82, 2.24) is 0 Å². The Balaban J connectivity index is 2.98. The van der Waals surface area contributed by atoms with Crippen molar-refractivity contribution in [2.45, 2.75) is 58.0 Å². The van der Waals surface area contributed by atoms with Gasteiger partial charge in [-0.1, -0.05) is 39.0 Å². The number of hydrogen-bond acceptors (Lipinski definition) is 3. The van der Waals surface area contributed by atoms with E-state index in [0.717, 1.165) is 11.5 Å². The predicted octanol–water partition coefficient (Wildman–Crippen LogP) is 2.82. The third kappa shape index (κ3) is 12.2. The van der Waals surface area contributed by atoms with E-state index in [1.54, 1.807) is 11.8 Å². The quantitative estimate of drug-likeness (QED) is 0.540. The van der Waals surface area contributed by atoms with Gasteiger partial charge in [0.25, 0.3) is 0 Å². The molecule has 0 radical (unpaired) electrons. The third-order valence-electron chi connectivity index (χ3n) is 2.41. The van der Waals surface area contributed by atoms with Gasteiger partial charge in [0.2, 0.25) is 0 Å². The van der Waals surface area contributed by atoms with Crippen LogP contribution >= 0.6 is 11.8 Å². The molecular formula is C12H26O2S. The van der Waals surface area contributed by atoms with Crippen LogP contribution < -0.4 is 0 Å². The minimum absolute atomic E-state index is 0.0960. The Morgan fingerprint density at radius 2 is 1.73 bits per heavy atom. The molecule has 2 nitrogen and oxygen atoms in total. The molecule has 0 aromatic rings. The molecule has 1 atom stereocenters. The number of aliphatic hydroxyl groups is 2. The molecule has 1 unspecified atom stereocenters. The topological polar surface area (TPSA) is 40.5 Å². The molecule has 0 aromatic heterocycles. The average Bonchev–Trinajstić information content (AvgIpc) is 2.22. The van der Waals surface area contributed by atoms with Crippen LogP contribution in [0, 0.1) is 0 Å². The summed E-state index contributed by atoms with van der Waals surface area (Å²) in [4.78, 5) is 0. The van der Waals surface area contributed by atoms with Gasteiger partial charge in [-0.25, -0.2) is 0 Å². The molecule has 0 aliphatic carbocycles. The van der Waals surface area contributed by atoms with Crippen LogP contribution in [0.2, 0.25) is 0 Å². The Hall–Kier alpha value is 0.270. The molecule has 0 aliphatic rings. The maximum absolute atomic E-state index is 9.34. The van der Waals surface area contributed by atoms with Crippen LogP contribution in [0.4, 0.5) is 0 Å². The van der Waals surface area contributed by atoms with Gasteiger partial charge in [0.05, 0.1) is 6.10 Å². The zero-order valence-corrected chi connectivity index (χ0v) is 10.8. The molecule has 92 valence electrons. The lowest BCUT2D eigenvalue weighted by atomic mass is 10.1. The van der Waals surface area contributed by atoms with Crippen molar-refractivity contribution in [1.29, 1.82) is 0 Å². The summed E-state index contributed by atoms with van der Waals surface area (Å²) < 4.78 is 0.